The Bertz CT molecular complexity index is 561. The monoisotopic (exact) mass is 243 g/mol. The first-order valence-corrected chi connectivity index (χ1v) is 6.34. The number of hydrogen-bond acceptors (Lipinski definition) is 3. The van der Waals surface area contributed by atoms with Crippen molar-refractivity contribution in [3.63, 3.8) is 0 Å². The average molecular weight is 243 g/mol. The number of furan rings is 1. The van der Waals surface area contributed by atoms with Gasteiger partial charge in [0, 0.05) is 23.9 Å². The minimum absolute atomic E-state index is 0.543. The molecule has 0 aromatic carbocycles. The van der Waals surface area contributed by atoms with Crippen LogP contribution in [0.15, 0.2) is 35.0 Å². The zero-order valence-electron chi connectivity index (χ0n) is 10.6. The smallest absolute Gasteiger partial charge is 0.138 e. The molecular weight excluding hydrogens is 226 g/mol. The summed E-state index contributed by atoms with van der Waals surface area (Å²) in [6, 6.07) is 5.78. The number of aryl methyl sites for hydroxylation is 1. The van der Waals surface area contributed by atoms with Gasteiger partial charge in [0.15, 0.2) is 0 Å². The van der Waals surface area contributed by atoms with Gasteiger partial charge in [-0.15, -0.1) is 0 Å². The molecule has 94 valence electrons. The van der Waals surface area contributed by atoms with Crippen LogP contribution in [0.1, 0.15) is 48.0 Å². The van der Waals surface area contributed by atoms with Crippen molar-refractivity contribution in [3.05, 3.63) is 53.2 Å². The fourth-order valence-corrected chi connectivity index (χ4v) is 2.33. The summed E-state index contributed by atoms with van der Waals surface area (Å²) in [5.74, 6) is 2.86. The van der Waals surface area contributed by atoms with E-state index in [0.29, 0.717) is 17.6 Å². The van der Waals surface area contributed by atoms with Crippen molar-refractivity contribution in [1.29, 1.82) is 0 Å². The van der Waals surface area contributed by atoms with Crippen LogP contribution in [0.2, 0.25) is 0 Å². The Morgan fingerprint density at radius 2 is 2.17 bits per heavy atom. The summed E-state index contributed by atoms with van der Waals surface area (Å²) in [5, 5.41) is 10.3. The van der Waals surface area contributed by atoms with Gasteiger partial charge in [-0.1, -0.05) is 6.92 Å². The molecule has 0 saturated heterocycles. The van der Waals surface area contributed by atoms with Gasteiger partial charge in [0.2, 0.25) is 0 Å². The van der Waals surface area contributed by atoms with Crippen molar-refractivity contribution in [2.45, 2.75) is 32.3 Å². The molecule has 3 rings (SSSR count). The van der Waals surface area contributed by atoms with E-state index in [2.05, 4.69) is 11.9 Å². The lowest BCUT2D eigenvalue weighted by atomic mass is 10.1. The second kappa shape index (κ2) is 4.25. The third-order valence-corrected chi connectivity index (χ3v) is 3.60. The topological polar surface area (TPSA) is 46.3 Å². The lowest BCUT2D eigenvalue weighted by Gasteiger charge is -2.08. The van der Waals surface area contributed by atoms with Crippen LogP contribution in [0.4, 0.5) is 0 Å². The Labute approximate surface area is 106 Å². The Hall–Kier alpha value is -1.61. The molecule has 2 aromatic heterocycles. The van der Waals surface area contributed by atoms with Gasteiger partial charge < -0.3 is 9.52 Å². The maximum absolute atomic E-state index is 10.3. The number of aliphatic hydroxyl groups is 1. The highest BCUT2D eigenvalue weighted by Crippen LogP contribution is 2.47. The van der Waals surface area contributed by atoms with Crippen molar-refractivity contribution >= 4 is 0 Å². The van der Waals surface area contributed by atoms with Gasteiger partial charge in [-0.3, -0.25) is 4.98 Å². The lowest BCUT2D eigenvalue weighted by molar-refractivity contribution is 0.186. The fraction of sp³-hybridized carbons (Fsp3) is 0.400. The molecule has 0 spiro atoms. The Kier molecular flexibility index (Phi) is 2.71. The predicted octanol–water partition coefficient (Wildman–Crippen LogP) is 3.19. The van der Waals surface area contributed by atoms with E-state index in [9.17, 15) is 5.11 Å². The maximum atomic E-state index is 10.3. The Morgan fingerprint density at radius 1 is 1.39 bits per heavy atom. The molecule has 2 heterocycles. The van der Waals surface area contributed by atoms with Crippen LogP contribution < -0.4 is 0 Å². The van der Waals surface area contributed by atoms with Crippen LogP contribution in [0.5, 0.6) is 0 Å². The average Bonchev–Trinajstić information content (AvgIpc) is 2.91. The van der Waals surface area contributed by atoms with Gasteiger partial charge >= 0.3 is 0 Å². The molecule has 3 unspecified atom stereocenters. The van der Waals surface area contributed by atoms with E-state index >= 15 is 0 Å². The SMILES string of the molecule is Cc1cncc(C(O)c2ccc(C3CC3C)o2)c1. The molecule has 0 radical (unpaired) electrons. The summed E-state index contributed by atoms with van der Waals surface area (Å²) in [7, 11) is 0. The summed E-state index contributed by atoms with van der Waals surface area (Å²) in [6.45, 7) is 4.18. The van der Waals surface area contributed by atoms with Gasteiger partial charge in [-0.2, -0.15) is 0 Å². The van der Waals surface area contributed by atoms with E-state index in [-0.39, 0.29) is 0 Å². The van der Waals surface area contributed by atoms with Crippen LogP contribution in [0.25, 0.3) is 0 Å². The molecule has 0 amide bonds. The molecule has 0 bridgehead atoms. The summed E-state index contributed by atoms with van der Waals surface area (Å²) in [5.41, 5.74) is 1.81. The van der Waals surface area contributed by atoms with Gasteiger partial charge in [-0.25, -0.2) is 0 Å². The summed E-state index contributed by atoms with van der Waals surface area (Å²) < 4.78 is 5.76. The minimum Gasteiger partial charge on any atom is -0.463 e. The number of nitrogens with zero attached hydrogens (tertiary/aromatic N) is 1. The normalized spacial score (nSPS) is 23.9. The van der Waals surface area contributed by atoms with E-state index < -0.39 is 6.10 Å². The van der Waals surface area contributed by atoms with E-state index in [0.717, 1.165) is 16.9 Å². The molecule has 0 aliphatic heterocycles. The highest BCUT2D eigenvalue weighted by molar-refractivity contribution is 5.27. The van der Waals surface area contributed by atoms with Gasteiger partial charge in [0.1, 0.15) is 17.6 Å². The summed E-state index contributed by atoms with van der Waals surface area (Å²) in [4.78, 5) is 4.10. The van der Waals surface area contributed by atoms with Crippen molar-refractivity contribution in [2.75, 3.05) is 0 Å². The molecule has 3 nitrogen and oxygen atoms in total. The maximum Gasteiger partial charge on any atom is 0.138 e. The molecule has 18 heavy (non-hydrogen) atoms. The van der Waals surface area contributed by atoms with Crippen molar-refractivity contribution in [2.24, 2.45) is 5.92 Å². The molecule has 2 aromatic rings. The molecule has 1 aliphatic carbocycles. The molecule has 1 aliphatic rings. The first-order valence-electron chi connectivity index (χ1n) is 6.34. The second-order valence-corrected chi connectivity index (χ2v) is 5.26. The molecule has 1 N–H and O–H groups in total. The third kappa shape index (κ3) is 2.06. The standard InChI is InChI=1S/C15H17NO2/c1-9-5-11(8-16-7-9)15(17)14-4-3-13(18-14)12-6-10(12)2/h3-5,7-8,10,12,15,17H,6H2,1-2H3. The van der Waals surface area contributed by atoms with Crippen LogP contribution >= 0.6 is 0 Å². The first-order chi connectivity index (χ1) is 8.65. The largest absolute Gasteiger partial charge is 0.463 e. The number of pyridine rings is 1. The minimum atomic E-state index is -0.722. The van der Waals surface area contributed by atoms with Crippen LogP contribution in [0, 0.1) is 12.8 Å². The van der Waals surface area contributed by atoms with E-state index in [1.807, 2.05) is 25.1 Å². The number of hydrogen-bond donors (Lipinski definition) is 1. The van der Waals surface area contributed by atoms with E-state index in [1.54, 1.807) is 12.4 Å². The van der Waals surface area contributed by atoms with Gasteiger partial charge in [-0.05, 0) is 43.0 Å². The molecule has 1 saturated carbocycles. The predicted molar refractivity (Wildman–Crippen MR) is 68.3 cm³/mol. The van der Waals surface area contributed by atoms with Crippen molar-refractivity contribution in [3.8, 4) is 0 Å². The van der Waals surface area contributed by atoms with Crippen molar-refractivity contribution < 1.29 is 9.52 Å². The zero-order chi connectivity index (χ0) is 12.7. The van der Waals surface area contributed by atoms with Crippen LogP contribution in [-0.4, -0.2) is 10.1 Å². The molecular formula is C15H17NO2. The molecule has 1 fully saturated rings. The summed E-state index contributed by atoms with van der Waals surface area (Å²) in [6.07, 6.45) is 3.92. The number of aromatic nitrogens is 1. The van der Waals surface area contributed by atoms with Crippen LogP contribution in [-0.2, 0) is 0 Å². The molecule has 3 heteroatoms. The van der Waals surface area contributed by atoms with Crippen LogP contribution in [0.3, 0.4) is 0 Å². The second-order valence-electron chi connectivity index (χ2n) is 5.26. The highest BCUT2D eigenvalue weighted by atomic mass is 16.4. The molecule has 3 atom stereocenters. The van der Waals surface area contributed by atoms with E-state index in [4.69, 9.17) is 4.42 Å². The van der Waals surface area contributed by atoms with Gasteiger partial charge in [0.05, 0.1) is 0 Å². The highest BCUT2D eigenvalue weighted by Gasteiger charge is 2.37. The van der Waals surface area contributed by atoms with Crippen molar-refractivity contribution in [1.82, 2.24) is 4.98 Å². The quantitative estimate of drug-likeness (QED) is 0.900. The fourth-order valence-electron chi connectivity index (χ4n) is 2.33. The number of aliphatic hydroxyl groups excluding tert-OH is 1. The number of rotatable bonds is 3. The van der Waals surface area contributed by atoms with E-state index in [1.165, 1.54) is 6.42 Å². The van der Waals surface area contributed by atoms with Gasteiger partial charge in [0.25, 0.3) is 0 Å². The third-order valence-electron chi connectivity index (χ3n) is 3.60. The Morgan fingerprint density at radius 3 is 2.83 bits per heavy atom. The summed E-state index contributed by atoms with van der Waals surface area (Å²) >= 11 is 0. The first kappa shape index (κ1) is 11.5. The lowest BCUT2D eigenvalue weighted by Crippen LogP contribution is -1.99. The Balaban J connectivity index is 1.83. The zero-order valence-corrected chi connectivity index (χ0v) is 10.6.